The lowest BCUT2D eigenvalue weighted by molar-refractivity contribution is 0.574. The zero-order valence-electron chi connectivity index (χ0n) is 6.54. The minimum Gasteiger partial charge on any atom is -0.315 e. The highest BCUT2D eigenvalue weighted by Crippen LogP contribution is 1.81. The van der Waals surface area contributed by atoms with Crippen molar-refractivity contribution in [3.63, 3.8) is 0 Å². The summed E-state index contributed by atoms with van der Waals surface area (Å²) in [5.74, 6) is 0. The molecule has 0 heterocycles. The monoisotopic (exact) mass is 142 g/mol. The zero-order valence-corrected chi connectivity index (χ0v) is 6.54. The van der Waals surface area contributed by atoms with E-state index in [4.69, 9.17) is 5.53 Å². The van der Waals surface area contributed by atoms with Crippen molar-refractivity contribution in [3.8, 4) is 0 Å². The van der Waals surface area contributed by atoms with Gasteiger partial charge in [-0.25, -0.2) is 0 Å². The van der Waals surface area contributed by atoms with E-state index in [-0.39, 0.29) is 0 Å². The van der Waals surface area contributed by atoms with Crippen LogP contribution in [0.5, 0.6) is 0 Å². The van der Waals surface area contributed by atoms with E-state index >= 15 is 0 Å². The highest BCUT2D eigenvalue weighted by molar-refractivity contribution is 4.54. The molecule has 0 rings (SSSR count). The molecule has 0 aromatic heterocycles. The molecule has 0 atom stereocenters. The molecule has 4 heteroatoms. The Morgan fingerprint density at radius 1 is 1.60 bits per heavy atom. The third-order valence-electron chi connectivity index (χ3n) is 1.05. The van der Waals surface area contributed by atoms with Gasteiger partial charge < -0.3 is 5.32 Å². The lowest BCUT2D eigenvalue weighted by Gasteiger charge is -2.04. The number of hydrogen-bond acceptors (Lipinski definition) is 2. The Morgan fingerprint density at radius 3 is 2.80 bits per heavy atom. The Morgan fingerprint density at radius 2 is 2.30 bits per heavy atom. The van der Waals surface area contributed by atoms with Crippen LogP contribution in [0.25, 0.3) is 10.4 Å². The predicted molar refractivity (Wildman–Crippen MR) is 41.8 cm³/mol. The fraction of sp³-hybridized carbons (Fsp3) is 1.00. The van der Waals surface area contributed by atoms with Gasteiger partial charge in [-0.15, -0.1) is 0 Å². The van der Waals surface area contributed by atoms with Crippen LogP contribution in [0.15, 0.2) is 5.11 Å². The molecular formula is C6H14N4. The summed E-state index contributed by atoms with van der Waals surface area (Å²) in [6.45, 7) is 5.70. The fourth-order valence-electron chi connectivity index (χ4n) is 0.585. The molecule has 1 N–H and O–H groups in total. The highest BCUT2D eigenvalue weighted by atomic mass is 15.1. The summed E-state index contributed by atoms with van der Waals surface area (Å²) >= 11 is 0. The minimum atomic E-state index is 0.520. The van der Waals surface area contributed by atoms with Gasteiger partial charge in [-0.1, -0.05) is 19.0 Å². The van der Waals surface area contributed by atoms with Gasteiger partial charge in [0.1, 0.15) is 0 Å². The van der Waals surface area contributed by atoms with E-state index in [9.17, 15) is 0 Å². The van der Waals surface area contributed by atoms with Crippen LogP contribution in [0, 0.1) is 0 Å². The molecule has 0 saturated heterocycles. The summed E-state index contributed by atoms with van der Waals surface area (Å²) in [7, 11) is 0. The van der Waals surface area contributed by atoms with Crippen LogP contribution in [0.4, 0.5) is 0 Å². The van der Waals surface area contributed by atoms with E-state index in [0.717, 1.165) is 13.0 Å². The maximum absolute atomic E-state index is 7.91. The number of rotatable bonds is 5. The van der Waals surface area contributed by atoms with Crippen molar-refractivity contribution in [2.45, 2.75) is 26.3 Å². The molecule has 0 unspecified atom stereocenters. The number of nitrogens with zero attached hydrogens (tertiary/aromatic N) is 3. The Kier molecular flexibility index (Phi) is 5.92. The molecule has 10 heavy (non-hydrogen) atoms. The topological polar surface area (TPSA) is 60.8 Å². The first-order valence-corrected chi connectivity index (χ1v) is 3.51. The molecule has 0 aromatic carbocycles. The van der Waals surface area contributed by atoms with Crippen molar-refractivity contribution < 1.29 is 0 Å². The molecule has 0 amide bonds. The van der Waals surface area contributed by atoms with Crippen LogP contribution in [-0.2, 0) is 0 Å². The van der Waals surface area contributed by atoms with Crippen LogP contribution < -0.4 is 5.32 Å². The minimum absolute atomic E-state index is 0.520. The van der Waals surface area contributed by atoms with E-state index in [0.29, 0.717) is 12.6 Å². The van der Waals surface area contributed by atoms with Gasteiger partial charge in [0.2, 0.25) is 0 Å². The van der Waals surface area contributed by atoms with Gasteiger partial charge in [-0.2, -0.15) is 0 Å². The molecule has 0 spiro atoms. The quantitative estimate of drug-likeness (QED) is 0.270. The molecule has 0 radical (unpaired) electrons. The molecule has 0 bridgehead atoms. The largest absolute Gasteiger partial charge is 0.315 e. The normalized spacial score (nSPS) is 9.50. The number of nitrogens with one attached hydrogen (secondary N) is 1. The second-order valence-electron chi connectivity index (χ2n) is 2.42. The molecular weight excluding hydrogens is 128 g/mol. The Labute approximate surface area is 61.2 Å². The van der Waals surface area contributed by atoms with Crippen LogP contribution >= 0.6 is 0 Å². The first kappa shape index (κ1) is 9.27. The van der Waals surface area contributed by atoms with Gasteiger partial charge in [0.05, 0.1) is 0 Å². The Hall–Kier alpha value is -0.730. The Bertz CT molecular complexity index is 115. The third-order valence-corrected chi connectivity index (χ3v) is 1.05. The third kappa shape index (κ3) is 7.27. The average molecular weight is 142 g/mol. The van der Waals surface area contributed by atoms with Crippen LogP contribution in [0.1, 0.15) is 20.3 Å². The lowest BCUT2D eigenvalue weighted by atomic mass is 10.3. The van der Waals surface area contributed by atoms with E-state index in [1.54, 1.807) is 0 Å². The molecule has 0 aliphatic carbocycles. The molecule has 0 aliphatic heterocycles. The van der Waals surface area contributed by atoms with Gasteiger partial charge >= 0.3 is 0 Å². The molecule has 0 saturated carbocycles. The van der Waals surface area contributed by atoms with Gasteiger partial charge in [-0.3, -0.25) is 0 Å². The summed E-state index contributed by atoms with van der Waals surface area (Å²) in [5, 5.41) is 6.63. The summed E-state index contributed by atoms with van der Waals surface area (Å²) in [6, 6.07) is 0.520. The van der Waals surface area contributed by atoms with Crippen LogP contribution in [-0.4, -0.2) is 19.1 Å². The summed E-state index contributed by atoms with van der Waals surface area (Å²) in [5.41, 5.74) is 7.91. The van der Waals surface area contributed by atoms with Crippen LogP contribution in [0.3, 0.4) is 0 Å². The highest BCUT2D eigenvalue weighted by Gasteiger charge is 1.89. The van der Waals surface area contributed by atoms with Crippen molar-refractivity contribution >= 4 is 0 Å². The zero-order chi connectivity index (χ0) is 7.82. The van der Waals surface area contributed by atoms with Crippen molar-refractivity contribution in [1.29, 1.82) is 0 Å². The van der Waals surface area contributed by atoms with E-state index in [1.807, 2.05) is 0 Å². The van der Waals surface area contributed by atoms with Crippen molar-refractivity contribution in [2.75, 3.05) is 13.1 Å². The van der Waals surface area contributed by atoms with Gasteiger partial charge in [0.25, 0.3) is 0 Å². The van der Waals surface area contributed by atoms with E-state index in [2.05, 4.69) is 29.2 Å². The maximum Gasteiger partial charge on any atom is 0.0269 e. The van der Waals surface area contributed by atoms with Crippen molar-refractivity contribution in [3.05, 3.63) is 10.4 Å². The molecule has 4 nitrogen and oxygen atoms in total. The number of azide groups is 1. The first-order valence-electron chi connectivity index (χ1n) is 3.51. The first-order chi connectivity index (χ1) is 4.77. The molecule has 58 valence electrons. The van der Waals surface area contributed by atoms with E-state index in [1.165, 1.54) is 0 Å². The molecule has 0 aromatic rings. The standard InChI is InChI=1S/C6H14N4/c1-6(2)8-4-3-5-9-10-7/h6,8H,3-5H2,1-2H3. The predicted octanol–water partition coefficient (Wildman–Crippen LogP) is 1.68. The second kappa shape index (κ2) is 6.39. The second-order valence-corrected chi connectivity index (χ2v) is 2.42. The van der Waals surface area contributed by atoms with Crippen molar-refractivity contribution in [2.24, 2.45) is 5.11 Å². The van der Waals surface area contributed by atoms with Gasteiger partial charge in [0.15, 0.2) is 0 Å². The fourth-order valence-corrected chi connectivity index (χ4v) is 0.585. The number of hydrogen-bond donors (Lipinski definition) is 1. The summed E-state index contributed by atoms with van der Waals surface area (Å²) in [6.07, 6.45) is 0.919. The van der Waals surface area contributed by atoms with Crippen molar-refractivity contribution in [1.82, 2.24) is 5.32 Å². The molecule has 0 fully saturated rings. The average Bonchev–Trinajstić information content (AvgIpc) is 1.87. The Balaban J connectivity index is 2.98. The summed E-state index contributed by atoms with van der Waals surface area (Å²) < 4.78 is 0. The van der Waals surface area contributed by atoms with E-state index < -0.39 is 0 Å². The lowest BCUT2D eigenvalue weighted by Crippen LogP contribution is -2.23. The van der Waals surface area contributed by atoms with Gasteiger partial charge in [-0.05, 0) is 18.5 Å². The maximum atomic E-state index is 7.91. The smallest absolute Gasteiger partial charge is 0.0269 e. The van der Waals surface area contributed by atoms with Gasteiger partial charge in [0, 0.05) is 17.5 Å². The molecule has 0 aliphatic rings. The van der Waals surface area contributed by atoms with Crippen LogP contribution in [0.2, 0.25) is 0 Å². The SMILES string of the molecule is CC(C)NCCCN=[N+]=[N-]. The summed E-state index contributed by atoms with van der Waals surface area (Å²) in [4.78, 5) is 2.65.